The molecule has 1 saturated heterocycles. The van der Waals surface area contributed by atoms with Gasteiger partial charge in [-0.2, -0.15) is 0 Å². The molecule has 0 spiro atoms. The van der Waals surface area contributed by atoms with E-state index in [1.165, 1.54) is 18.2 Å². The quantitative estimate of drug-likeness (QED) is 0.877. The lowest BCUT2D eigenvalue weighted by atomic mass is 10.2. The fraction of sp³-hybridized carbons (Fsp3) is 0.357. The summed E-state index contributed by atoms with van der Waals surface area (Å²) in [4.78, 5) is 4.31. The topological polar surface area (TPSA) is 34.2 Å². The zero-order chi connectivity index (χ0) is 11.5. The number of pyridine rings is 1. The van der Waals surface area contributed by atoms with Gasteiger partial charge in [-0.05, 0) is 37.1 Å². The van der Waals surface area contributed by atoms with E-state index >= 15 is 0 Å². The number of fused-ring (bicyclic) bond motifs is 1. The van der Waals surface area contributed by atoms with Crippen molar-refractivity contribution in [2.24, 2.45) is 0 Å². The first kappa shape index (κ1) is 10.5. The molecule has 3 nitrogen and oxygen atoms in total. The molecule has 1 atom stereocenters. The predicted octanol–water partition coefficient (Wildman–Crippen LogP) is 2.83. The van der Waals surface area contributed by atoms with E-state index in [1.54, 1.807) is 0 Å². The Morgan fingerprint density at radius 1 is 1.35 bits per heavy atom. The molecule has 0 amide bonds. The minimum absolute atomic E-state index is 0.375. The average Bonchev–Trinajstić information content (AvgIpc) is 2.89. The molecule has 1 N–H and O–H groups in total. The van der Waals surface area contributed by atoms with Gasteiger partial charge in [-0.25, -0.2) is 0 Å². The molecule has 1 aliphatic heterocycles. The molecule has 17 heavy (non-hydrogen) atoms. The monoisotopic (exact) mass is 228 g/mol. The van der Waals surface area contributed by atoms with E-state index in [4.69, 9.17) is 4.74 Å². The van der Waals surface area contributed by atoms with Gasteiger partial charge in [0, 0.05) is 30.4 Å². The van der Waals surface area contributed by atoms with Crippen LogP contribution < -0.4 is 5.32 Å². The van der Waals surface area contributed by atoms with Crippen molar-refractivity contribution in [2.45, 2.75) is 18.9 Å². The van der Waals surface area contributed by atoms with Crippen molar-refractivity contribution in [1.82, 2.24) is 4.98 Å². The first-order valence-electron chi connectivity index (χ1n) is 6.12. The Morgan fingerprint density at radius 3 is 3.24 bits per heavy atom. The third kappa shape index (κ3) is 2.39. The fourth-order valence-corrected chi connectivity index (χ4v) is 2.22. The maximum absolute atomic E-state index is 5.59. The molecule has 2 heterocycles. The normalized spacial score (nSPS) is 19.6. The molecule has 3 heteroatoms. The lowest BCUT2D eigenvalue weighted by molar-refractivity contribution is 0.120. The summed E-state index contributed by atoms with van der Waals surface area (Å²) in [6, 6.07) is 10.3. The third-order valence-corrected chi connectivity index (χ3v) is 3.16. The predicted molar refractivity (Wildman–Crippen MR) is 69.2 cm³/mol. The van der Waals surface area contributed by atoms with Gasteiger partial charge in [0.05, 0.1) is 11.6 Å². The Bertz CT molecular complexity index is 506. The van der Waals surface area contributed by atoms with Crippen molar-refractivity contribution in [2.75, 3.05) is 18.5 Å². The molecule has 1 unspecified atom stereocenters. The van der Waals surface area contributed by atoms with Crippen LogP contribution in [-0.4, -0.2) is 24.2 Å². The van der Waals surface area contributed by atoms with Crippen LogP contribution >= 0.6 is 0 Å². The zero-order valence-electron chi connectivity index (χ0n) is 9.73. The molecule has 1 fully saturated rings. The molecule has 1 aliphatic rings. The second-order valence-corrected chi connectivity index (χ2v) is 4.43. The summed E-state index contributed by atoms with van der Waals surface area (Å²) in [6.45, 7) is 1.81. The summed E-state index contributed by atoms with van der Waals surface area (Å²) in [5, 5.41) is 4.60. The number of hydrogen-bond donors (Lipinski definition) is 1. The first-order valence-corrected chi connectivity index (χ1v) is 6.12. The fourth-order valence-electron chi connectivity index (χ4n) is 2.22. The molecule has 2 aromatic rings. The second-order valence-electron chi connectivity index (χ2n) is 4.43. The van der Waals surface area contributed by atoms with Crippen LogP contribution in [0, 0.1) is 0 Å². The molecule has 88 valence electrons. The van der Waals surface area contributed by atoms with E-state index in [1.807, 2.05) is 18.3 Å². The van der Waals surface area contributed by atoms with Crippen molar-refractivity contribution in [3.63, 3.8) is 0 Å². The maximum Gasteiger partial charge on any atom is 0.0748 e. The number of rotatable bonds is 3. The van der Waals surface area contributed by atoms with E-state index in [0.717, 1.165) is 24.4 Å². The van der Waals surface area contributed by atoms with Crippen LogP contribution in [0.2, 0.25) is 0 Å². The van der Waals surface area contributed by atoms with Gasteiger partial charge in [-0.15, -0.1) is 0 Å². The Kier molecular flexibility index (Phi) is 2.92. The Hall–Kier alpha value is -1.61. The first-order chi connectivity index (χ1) is 8.42. The molecule has 1 aromatic carbocycles. The van der Waals surface area contributed by atoms with Gasteiger partial charge < -0.3 is 10.1 Å². The van der Waals surface area contributed by atoms with Crippen molar-refractivity contribution in [3.05, 3.63) is 36.5 Å². The molecule has 0 bridgehead atoms. The van der Waals surface area contributed by atoms with Crippen molar-refractivity contribution >= 4 is 16.6 Å². The molecule has 0 radical (unpaired) electrons. The maximum atomic E-state index is 5.59. The number of nitrogens with one attached hydrogen (secondary N) is 1. The van der Waals surface area contributed by atoms with Crippen molar-refractivity contribution in [3.8, 4) is 0 Å². The zero-order valence-corrected chi connectivity index (χ0v) is 9.73. The van der Waals surface area contributed by atoms with Gasteiger partial charge in [0.1, 0.15) is 0 Å². The van der Waals surface area contributed by atoms with Crippen LogP contribution in [0.5, 0.6) is 0 Å². The Morgan fingerprint density at radius 2 is 2.35 bits per heavy atom. The molecular weight excluding hydrogens is 212 g/mol. The third-order valence-electron chi connectivity index (χ3n) is 3.16. The van der Waals surface area contributed by atoms with Gasteiger partial charge in [0.25, 0.3) is 0 Å². The van der Waals surface area contributed by atoms with Crippen LogP contribution in [0.4, 0.5) is 5.69 Å². The van der Waals surface area contributed by atoms with Gasteiger partial charge >= 0.3 is 0 Å². The lowest BCUT2D eigenvalue weighted by Crippen LogP contribution is -2.18. The largest absolute Gasteiger partial charge is 0.382 e. The summed E-state index contributed by atoms with van der Waals surface area (Å²) in [7, 11) is 0. The van der Waals surface area contributed by atoms with E-state index in [9.17, 15) is 0 Å². The number of benzene rings is 1. The summed E-state index contributed by atoms with van der Waals surface area (Å²) in [6.07, 6.45) is 4.55. The molecule has 3 rings (SSSR count). The van der Waals surface area contributed by atoms with Crippen LogP contribution in [-0.2, 0) is 4.74 Å². The van der Waals surface area contributed by atoms with E-state index in [2.05, 4.69) is 28.5 Å². The smallest absolute Gasteiger partial charge is 0.0748 e. The molecule has 0 saturated carbocycles. The second kappa shape index (κ2) is 4.72. The average molecular weight is 228 g/mol. The summed E-state index contributed by atoms with van der Waals surface area (Å²) >= 11 is 0. The van der Waals surface area contributed by atoms with Crippen LogP contribution in [0.15, 0.2) is 36.5 Å². The standard InChI is InChI=1S/C14H16N2O/c1-3-11-9-12(5-6-14(11)15-7-1)16-10-13-4-2-8-17-13/h1,3,5-7,9,13,16H,2,4,8,10H2. The van der Waals surface area contributed by atoms with Crippen LogP contribution in [0.25, 0.3) is 10.9 Å². The van der Waals surface area contributed by atoms with E-state index in [-0.39, 0.29) is 0 Å². The summed E-state index contributed by atoms with van der Waals surface area (Å²) < 4.78 is 5.59. The highest BCUT2D eigenvalue weighted by Gasteiger charge is 2.14. The highest BCUT2D eigenvalue weighted by molar-refractivity contribution is 5.82. The van der Waals surface area contributed by atoms with Crippen molar-refractivity contribution in [1.29, 1.82) is 0 Å². The number of anilines is 1. The van der Waals surface area contributed by atoms with E-state index < -0.39 is 0 Å². The summed E-state index contributed by atoms with van der Waals surface area (Å²) in [5.74, 6) is 0. The highest BCUT2D eigenvalue weighted by Crippen LogP contribution is 2.18. The van der Waals surface area contributed by atoms with Gasteiger partial charge in [-0.1, -0.05) is 6.07 Å². The van der Waals surface area contributed by atoms with Crippen molar-refractivity contribution < 1.29 is 4.74 Å². The SMILES string of the molecule is c1cnc2ccc(NCC3CCCO3)cc2c1. The Labute approximate surface area is 101 Å². The number of aromatic nitrogens is 1. The minimum atomic E-state index is 0.375. The molecule has 1 aromatic heterocycles. The number of hydrogen-bond acceptors (Lipinski definition) is 3. The lowest BCUT2D eigenvalue weighted by Gasteiger charge is -2.12. The van der Waals surface area contributed by atoms with Gasteiger partial charge in [-0.3, -0.25) is 4.98 Å². The minimum Gasteiger partial charge on any atom is -0.382 e. The van der Waals surface area contributed by atoms with E-state index in [0.29, 0.717) is 6.10 Å². The number of ether oxygens (including phenoxy) is 1. The van der Waals surface area contributed by atoms with Crippen LogP contribution in [0.3, 0.4) is 0 Å². The van der Waals surface area contributed by atoms with Crippen LogP contribution in [0.1, 0.15) is 12.8 Å². The number of nitrogens with zero attached hydrogens (tertiary/aromatic N) is 1. The van der Waals surface area contributed by atoms with Gasteiger partial charge in [0.15, 0.2) is 0 Å². The summed E-state index contributed by atoms with van der Waals surface area (Å²) in [5.41, 5.74) is 2.18. The highest BCUT2D eigenvalue weighted by atomic mass is 16.5. The Balaban J connectivity index is 1.72. The molecular formula is C14H16N2O. The molecule has 0 aliphatic carbocycles. The van der Waals surface area contributed by atoms with Gasteiger partial charge in [0.2, 0.25) is 0 Å².